The lowest BCUT2D eigenvalue weighted by Crippen LogP contribution is -2.62. The Hall–Kier alpha value is -1.98. The second-order valence-electron chi connectivity index (χ2n) is 7.85. The van der Waals surface area contributed by atoms with Gasteiger partial charge in [-0.25, -0.2) is 18.1 Å². The molecule has 2 aliphatic heterocycles. The minimum atomic E-state index is -3.34. The van der Waals surface area contributed by atoms with Gasteiger partial charge >= 0.3 is 0 Å². The number of carbonyl (C=O) groups is 2. The van der Waals surface area contributed by atoms with E-state index in [1.165, 1.54) is 0 Å². The standard InChI is InChI=1S/C17H28N6O4S/c1-11(2)16(24)20-7-14-17(25)23-8-12(21-28(3,26)27)6-13(23)9-22(14)10-15-18-4-5-19-15/h4-5,11-14,21H,6-10H2,1-3H3,(H,18,19)(H,20,24)/t12-,13-,14-/m0/s1. The lowest BCUT2D eigenvalue weighted by Gasteiger charge is -2.42. The monoisotopic (exact) mass is 412 g/mol. The van der Waals surface area contributed by atoms with Crippen molar-refractivity contribution in [2.24, 2.45) is 5.92 Å². The van der Waals surface area contributed by atoms with Crippen LogP contribution in [0.15, 0.2) is 12.4 Å². The predicted molar refractivity (Wildman–Crippen MR) is 103 cm³/mol. The van der Waals surface area contributed by atoms with Crippen molar-refractivity contribution in [2.45, 2.75) is 44.9 Å². The van der Waals surface area contributed by atoms with E-state index in [2.05, 4.69) is 20.0 Å². The number of sulfonamides is 1. The van der Waals surface area contributed by atoms with Crippen LogP contribution in [-0.4, -0.2) is 84.0 Å². The van der Waals surface area contributed by atoms with E-state index in [0.717, 1.165) is 12.1 Å². The van der Waals surface area contributed by atoms with Crippen molar-refractivity contribution in [1.29, 1.82) is 0 Å². The third kappa shape index (κ3) is 4.89. The number of piperazine rings is 1. The molecule has 0 bridgehead atoms. The summed E-state index contributed by atoms with van der Waals surface area (Å²) in [4.78, 5) is 36.2. The van der Waals surface area contributed by atoms with Crippen LogP contribution in [0.4, 0.5) is 0 Å². The molecule has 1 aromatic rings. The molecule has 2 amide bonds. The largest absolute Gasteiger partial charge is 0.354 e. The van der Waals surface area contributed by atoms with Gasteiger partial charge in [0, 0.05) is 50.0 Å². The minimum Gasteiger partial charge on any atom is -0.354 e. The fraction of sp³-hybridized carbons (Fsp3) is 0.706. The summed E-state index contributed by atoms with van der Waals surface area (Å²) in [5.74, 6) is 0.376. The van der Waals surface area contributed by atoms with Gasteiger partial charge in [0.15, 0.2) is 0 Å². The second-order valence-corrected chi connectivity index (χ2v) is 9.63. The Labute approximate surface area is 165 Å². The molecular weight excluding hydrogens is 384 g/mol. The number of hydrogen-bond acceptors (Lipinski definition) is 6. The number of amides is 2. The summed E-state index contributed by atoms with van der Waals surface area (Å²) >= 11 is 0. The first-order chi connectivity index (χ1) is 13.1. The van der Waals surface area contributed by atoms with Gasteiger partial charge in [0.2, 0.25) is 21.8 Å². The fourth-order valence-corrected chi connectivity index (χ4v) is 4.64. The topological polar surface area (TPSA) is 128 Å². The number of carbonyl (C=O) groups excluding carboxylic acids is 2. The maximum atomic E-state index is 13.2. The van der Waals surface area contributed by atoms with Gasteiger partial charge in [0.25, 0.3) is 0 Å². The van der Waals surface area contributed by atoms with Gasteiger partial charge in [0.05, 0.1) is 12.8 Å². The highest BCUT2D eigenvalue weighted by Crippen LogP contribution is 2.27. The summed E-state index contributed by atoms with van der Waals surface area (Å²) in [6, 6.07) is -0.877. The second kappa shape index (κ2) is 8.18. The smallest absolute Gasteiger partial charge is 0.242 e. The van der Waals surface area contributed by atoms with Crippen molar-refractivity contribution in [3.05, 3.63) is 18.2 Å². The van der Waals surface area contributed by atoms with Gasteiger partial charge in [-0.1, -0.05) is 13.8 Å². The number of aromatic amines is 1. The summed E-state index contributed by atoms with van der Waals surface area (Å²) < 4.78 is 25.7. The van der Waals surface area contributed by atoms with Crippen LogP contribution in [-0.2, 0) is 26.2 Å². The summed E-state index contributed by atoms with van der Waals surface area (Å²) in [7, 11) is -3.34. The molecular formula is C17H28N6O4S. The molecule has 2 fully saturated rings. The van der Waals surface area contributed by atoms with Gasteiger partial charge < -0.3 is 15.2 Å². The average molecular weight is 413 g/mol. The first-order valence-electron chi connectivity index (χ1n) is 9.42. The minimum absolute atomic E-state index is 0.0706. The van der Waals surface area contributed by atoms with E-state index in [9.17, 15) is 18.0 Å². The summed E-state index contributed by atoms with van der Waals surface area (Å²) in [5.41, 5.74) is 0. The molecule has 0 spiro atoms. The Bertz CT molecular complexity index is 810. The molecule has 2 saturated heterocycles. The van der Waals surface area contributed by atoms with Crippen LogP contribution in [0.1, 0.15) is 26.1 Å². The summed E-state index contributed by atoms with van der Waals surface area (Å²) in [6.45, 7) is 5.21. The molecule has 0 aromatic carbocycles. The quantitative estimate of drug-likeness (QED) is 0.521. The maximum Gasteiger partial charge on any atom is 0.242 e. The first kappa shape index (κ1) is 20.7. The summed E-state index contributed by atoms with van der Waals surface area (Å²) in [6.07, 6.45) is 5.08. The van der Waals surface area contributed by atoms with E-state index in [1.807, 2.05) is 4.90 Å². The number of nitrogens with one attached hydrogen (secondary N) is 3. The molecule has 3 heterocycles. The molecule has 0 radical (unpaired) electrons. The SMILES string of the molecule is CC(C)C(=O)NC[C@H]1C(=O)N2C[C@@H](NS(C)(=O)=O)C[C@H]2CN1Cc1ncc[nH]1. The van der Waals surface area contributed by atoms with Gasteiger partial charge in [-0.05, 0) is 6.42 Å². The van der Waals surface area contributed by atoms with Crippen molar-refractivity contribution < 1.29 is 18.0 Å². The van der Waals surface area contributed by atoms with Gasteiger partial charge in [-0.15, -0.1) is 0 Å². The van der Waals surface area contributed by atoms with Gasteiger partial charge in [-0.3, -0.25) is 14.5 Å². The van der Waals surface area contributed by atoms with E-state index < -0.39 is 16.1 Å². The molecule has 2 aliphatic rings. The van der Waals surface area contributed by atoms with Crippen LogP contribution < -0.4 is 10.0 Å². The Morgan fingerprint density at radius 3 is 2.75 bits per heavy atom. The zero-order valence-corrected chi connectivity index (χ0v) is 17.2. The Balaban J connectivity index is 1.75. The van der Waals surface area contributed by atoms with Crippen molar-refractivity contribution in [1.82, 2.24) is 29.8 Å². The number of hydrogen-bond donors (Lipinski definition) is 3. The Morgan fingerprint density at radius 2 is 2.14 bits per heavy atom. The average Bonchev–Trinajstić information content (AvgIpc) is 3.22. The number of H-pyrrole nitrogens is 1. The molecule has 10 nitrogen and oxygen atoms in total. The van der Waals surface area contributed by atoms with E-state index in [-0.39, 0.29) is 36.4 Å². The van der Waals surface area contributed by atoms with Crippen molar-refractivity contribution in [3.63, 3.8) is 0 Å². The highest BCUT2D eigenvalue weighted by Gasteiger charge is 2.46. The molecule has 3 atom stereocenters. The van der Waals surface area contributed by atoms with Crippen molar-refractivity contribution >= 4 is 21.8 Å². The van der Waals surface area contributed by atoms with Crippen LogP contribution in [0.2, 0.25) is 0 Å². The molecule has 3 N–H and O–H groups in total. The van der Waals surface area contributed by atoms with Crippen LogP contribution in [0.5, 0.6) is 0 Å². The van der Waals surface area contributed by atoms with E-state index >= 15 is 0 Å². The molecule has 0 unspecified atom stereocenters. The van der Waals surface area contributed by atoms with Crippen LogP contribution in [0.25, 0.3) is 0 Å². The molecule has 0 aliphatic carbocycles. The van der Waals surface area contributed by atoms with Gasteiger partial charge in [-0.2, -0.15) is 0 Å². The van der Waals surface area contributed by atoms with Crippen LogP contribution in [0, 0.1) is 5.92 Å². The maximum absolute atomic E-state index is 13.2. The predicted octanol–water partition coefficient (Wildman–Crippen LogP) is -1.12. The third-order valence-electron chi connectivity index (χ3n) is 5.15. The lowest BCUT2D eigenvalue weighted by atomic mass is 10.0. The lowest BCUT2D eigenvalue weighted by molar-refractivity contribution is -0.144. The van der Waals surface area contributed by atoms with Gasteiger partial charge in [0.1, 0.15) is 11.9 Å². The molecule has 3 rings (SSSR count). The van der Waals surface area contributed by atoms with Crippen LogP contribution in [0.3, 0.4) is 0 Å². The molecule has 0 saturated carbocycles. The molecule has 11 heteroatoms. The van der Waals surface area contributed by atoms with Crippen LogP contribution >= 0.6 is 0 Å². The Kier molecular flexibility index (Phi) is 6.06. The molecule has 28 heavy (non-hydrogen) atoms. The highest BCUT2D eigenvalue weighted by atomic mass is 32.2. The highest BCUT2D eigenvalue weighted by molar-refractivity contribution is 7.88. The van der Waals surface area contributed by atoms with E-state index in [4.69, 9.17) is 0 Å². The number of rotatable bonds is 7. The van der Waals surface area contributed by atoms with Crippen molar-refractivity contribution in [3.8, 4) is 0 Å². The summed E-state index contributed by atoms with van der Waals surface area (Å²) in [5, 5.41) is 2.85. The van der Waals surface area contributed by atoms with Crippen molar-refractivity contribution in [2.75, 3.05) is 25.9 Å². The number of fused-ring (bicyclic) bond motifs is 1. The molecule has 1 aromatic heterocycles. The Morgan fingerprint density at radius 1 is 1.39 bits per heavy atom. The van der Waals surface area contributed by atoms with E-state index in [0.29, 0.717) is 26.1 Å². The number of nitrogens with zero attached hydrogens (tertiary/aromatic N) is 3. The first-order valence-corrected chi connectivity index (χ1v) is 11.3. The number of aromatic nitrogens is 2. The number of imidazole rings is 1. The third-order valence-corrected chi connectivity index (χ3v) is 5.91. The van der Waals surface area contributed by atoms with E-state index in [1.54, 1.807) is 31.1 Å². The zero-order valence-electron chi connectivity index (χ0n) is 16.4. The zero-order chi connectivity index (χ0) is 20.5. The molecule has 156 valence electrons. The normalized spacial score (nSPS) is 25.9. The fourth-order valence-electron chi connectivity index (χ4n) is 3.86.